The zero-order valence-electron chi connectivity index (χ0n) is 22.6. The van der Waals surface area contributed by atoms with E-state index in [-0.39, 0.29) is 34.6 Å². The fraction of sp³-hybridized carbons (Fsp3) is 0.464. The Labute approximate surface area is 242 Å². The first kappa shape index (κ1) is 27.8. The number of benzene rings is 1. The molecule has 3 aliphatic rings. The Morgan fingerprint density at radius 2 is 1.93 bits per heavy atom. The minimum absolute atomic E-state index is 0.000762. The van der Waals surface area contributed by atoms with Gasteiger partial charge >= 0.3 is 5.97 Å². The number of aromatic nitrogens is 4. The lowest BCUT2D eigenvalue weighted by Crippen LogP contribution is -2.35. The first-order valence-corrected chi connectivity index (χ1v) is 15.8. The van der Waals surface area contributed by atoms with Gasteiger partial charge in [-0.05, 0) is 57.6 Å². The Morgan fingerprint density at radius 1 is 1.20 bits per heavy atom. The standard InChI is InChI=1S/C28H30ClFN6O4S/c1-2-40-26(37)28(9-10-28)20-6-5-19(14-21(20)30)33-25-23-22(4-3-13-41(23,38)39)34-27(35-25)36-11-7-17(8-12-36)24-31-15-18(29)16-32-24/h5-6,14-17H,2-4,7-13H2,1H3,(H,33,34,35). The fourth-order valence-electron chi connectivity index (χ4n) is 5.70. The lowest BCUT2D eigenvalue weighted by molar-refractivity contribution is -0.146. The van der Waals surface area contributed by atoms with Crippen molar-refractivity contribution in [2.75, 3.05) is 35.7 Å². The molecular weight excluding hydrogens is 571 g/mol. The lowest BCUT2D eigenvalue weighted by Gasteiger charge is -2.32. The van der Waals surface area contributed by atoms with Crippen LogP contribution in [0.3, 0.4) is 0 Å². The van der Waals surface area contributed by atoms with E-state index >= 15 is 4.39 Å². The molecule has 0 spiro atoms. The van der Waals surface area contributed by atoms with Gasteiger partial charge in [0.05, 0.1) is 28.5 Å². The van der Waals surface area contributed by atoms with E-state index in [1.54, 1.807) is 31.5 Å². The van der Waals surface area contributed by atoms with Gasteiger partial charge < -0.3 is 15.0 Å². The van der Waals surface area contributed by atoms with E-state index in [4.69, 9.17) is 16.3 Å². The number of nitrogens with one attached hydrogen (secondary N) is 1. The van der Waals surface area contributed by atoms with Crippen molar-refractivity contribution in [2.45, 2.75) is 61.7 Å². The van der Waals surface area contributed by atoms with E-state index in [1.165, 1.54) is 6.07 Å². The monoisotopic (exact) mass is 600 g/mol. The molecule has 0 atom stereocenters. The van der Waals surface area contributed by atoms with Crippen LogP contribution in [0.25, 0.3) is 0 Å². The average Bonchev–Trinajstić information content (AvgIpc) is 3.75. The molecule has 2 fully saturated rings. The number of fused-ring (bicyclic) bond motifs is 1. The molecule has 4 heterocycles. The Kier molecular flexibility index (Phi) is 7.31. The number of halogens is 2. The highest BCUT2D eigenvalue weighted by molar-refractivity contribution is 7.91. The molecule has 1 N–H and O–H groups in total. The molecule has 13 heteroatoms. The molecule has 0 amide bonds. The van der Waals surface area contributed by atoms with Crippen LogP contribution < -0.4 is 10.2 Å². The highest BCUT2D eigenvalue weighted by atomic mass is 35.5. The first-order valence-electron chi connectivity index (χ1n) is 13.8. The van der Waals surface area contributed by atoms with E-state index in [1.807, 2.05) is 4.90 Å². The van der Waals surface area contributed by atoms with E-state index in [2.05, 4.69) is 25.3 Å². The molecule has 6 rings (SSSR count). The second kappa shape index (κ2) is 10.8. The number of esters is 1. The molecule has 0 bridgehead atoms. The van der Waals surface area contributed by atoms with Gasteiger partial charge in [0.2, 0.25) is 5.95 Å². The number of ether oxygens (including phenoxy) is 1. The number of sulfone groups is 1. The number of hydrogen-bond acceptors (Lipinski definition) is 10. The van der Waals surface area contributed by atoms with Gasteiger partial charge in [-0.15, -0.1) is 0 Å². The topological polar surface area (TPSA) is 127 Å². The Bertz CT molecular complexity index is 1590. The van der Waals surface area contributed by atoms with Gasteiger partial charge in [0.15, 0.2) is 15.7 Å². The molecule has 1 aromatic carbocycles. The fourth-order valence-corrected chi connectivity index (χ4v) is 7.43. The van der Waals surface area contributed by atoms with Crippen LogP contribution in [0.4, 0.5) is 21.8 Å². The van der Waals surface area contributed by atoms with E-state index < -0.39 is 27.0 Å². The number of carbonyl (C=O) groups is 1. The molecule has 3 aromatic rings. The largest absolute Gasteiger partial charge is 0.465 e. The van der Waals surface area contributed by atoms with Gasteiger partial charge in [-0.25, -0.2) is 27.8 Å². The molecule has 0 unspecified atom stereocenters. The van der Waals surface area contributed by atoms with Crippen LogP contribution in [-0.4, -0.2) is 59.8 Å². The van der Waals surface area contributed by atoms with Gasteiger partial charge in [0, 0.05) is 42.7 Å². The number of hydrogen-bond donors (Lipinski definition) is 1. The minimum atomic E-state index is -3.63. The van der Waals surface area contributed by atoms with Crippen LogP contribution in [0.15, 0.2) is 35.5 Å². The van der Waals surface area contributed by atoms with Crippen molar-refractivity contribution in [3.63, 3.8) is 0 Å². The highest BCUT2D eigenvalue weighted by Gasteiger charge is 2.54. The van der Waals surface area contributed by atoms with Crippen molar-refractivity contribution in [3.8, 4) is 0 Å². The van der Waals surface area contributed by atoms with Gasteiger partial charge in [-0.3, -0.25) is 4.79 Å². The summed E-state index contributed by atoms with van der Waals surface area (Å²) in [5, 5.41) is 3.55. The normalized spacial score (nSPS) is 19.3. The number of rotatable bonds is 7. The molecule has 10 nitrogen and oxygen atoms in total. The third kappa shape index (κ3) is 5.34. The van der Waals surface area contributed by atoms with Crippen molar-refractivity contribution in [1.82, 2.24) is 19.9 Å². The highest BCUT2D eigenvalue weighted by Crippen LogP contribution is 2.50. The Hall–Kier alpha value is -3.38. The zero-order valence-corrected chi connectivity index (χ0v) is 24.1. The van der Waals surface area contributed by atoms with Crippen LogP contribution >= 0.6 is 11.6 Å². The number of nitrogens with zero attached hydrogens (tertiary/aromatic N) is 5. The molecule has 2 aliphatic heterocycles. The molecule has 2 aromatic heterocycles. The van der Waals surface area contributed by atoms with Gasteiger partial charge in [-0.1, -0.05) is 17.7 Å². The molecule has 216 valence electrons. The number of carbonyl (C=O) groups excluding carboxylic acids is 1. The van der Waals surface area contributed by atoms with Crippen molar-refractivity contribution >= 4 is 44.9 Å². The predicted molar refractivity (Wildman–Crippen MR) is 151 cm³/mol. The van der Waals surface area contributed by atoms with Crippen LogP contribution in [-0.2, 0) is 31.2 Å². The summed E-state index contributed by atoms with van der Waals surface area (Å²) in [6.07, 6.45) is 6.77. The SMILES string of the molecule is CCOC(=O)C1(c2ccc(Nc3nc(N4CCC(c5ncc(Cl)cn5)CC4)nc4c3S(=O)(=O)CCC4)cc2F)CC1. The quantitative estimate of drug-likeness (QED) is 0.387. The van der Waals surface area contributed by atoms with Gasteiger partial charge in [-0.2, -0.15) is 4.98 Å². The number of aryl methyl sites for hydroxylation is 1. The molecule has 1 saturated carbocycles. The zero-order chi connectivity index (χ0) is 28.8. The van der Waals surface area contributed by atoms with Crippen molar-refractivity contribution in [1.29, 1.82) is 0 Å². The van der Waals surface area contributed by atoms with E-state index in [9.17, 15) is 13.2 Å². The Balaban J connectivity index is 1.28. The molecule has 1 saturated heterocycles. The summed E-state index contributed by atoms with van der Waals surface area (Å²) in [7, 11) is -3.63. The minimum Gasteiger partial charge on any atom is -0.465 e. The van der Waals surface area contributed by atoms with Crippen LogP contribution in [0, 0.1) is 5.82 Å². The van der Waals surface area contributed by atoms with Crippen LogP contribution in [0.1, 0.15) is 62.0 Å². The average molecular weight is 601 g/mol. The predicted octanol–water partition coefficient (Wildman–Crippen LogP) is 4.50. The van der Waals surface area contributed by atoms with Crippen molar-refractivity contribution in [2.24, 2.45) is 0 Å². The number of piperidine rings is 1. The summed E-state index contributed by atoms with van der Waals surface area (Å²) in [4.78, 5) is 32.6. The smallest absolute Gasteiger partial charge is 0.316 e. The van der Waals surface area contributed by atoms with Gasteiger partial charge in [0.25, 0.3) is 0 Å². The Morgan fingerprint density at radius 3 is 2.59 bits per heavy atom. The van der Waals surface area contributed by atoms with Crippen LogP contribution in [0.2, 0.25) is 5.02 Å². The summed E-state index contributed by atoms with van der Waals surface area (Å²) in [5.41, 5.74) is 0.124. The summed E-state index contributed by atoms with van der Waals surface area (Å²) < 4.78 is 46.7. The molecule has 0 radical (unpaired) electrons. The summed E-state index contributed by atoms with van der Waals surface area (Å²) >= 11 is 5.93. The summed E-state index contributed by atoms with van der Waals surface area (Å²) in [6.45, 7) is 3.23. The van der Waals surface area contributed by atoms with E-state index in [0.717, 1.165) is 18.7 Å². The molecular formula is C28H30ClFN6O4S. The van der Waals surface area contributed by atoms with Gasteiger partial charge in [0.1, 0.15) is 16.5 Å². The summed E-state index contributed by atoms with van der Waals surface area (Å²) in [6, 6.07) is 4.48. The molecule has 1 aliphatic carbocycles. The number of anilines is 3. The second-order valence-electron chi connectivity index (χ2n) is 10.7. The summed E-state index contributed by atoms with van der Waals surface area (Å²) in [5.74, 6) is 0.491. The molecule has 41 heavy (non-hydrogen) atoms. The maximum Gasteiger partial charge on any atom is 0.316 e. The third-order valence-electron chi connectivity index (χ3n) is 8.01. The van der Waals surface area contributed by atoms with Crippen LogP contribution in [0.5, 0.6) is 0 Å². The van der Waals surface area contributed by atoms with Crippen molar-refractivity contribution in [3.05, 3.63) is 58.5 Å². The lowest BCUT2D eigenvalue weighted by atomic mass is 9.95. The first-order chi connectivity index (χ1) is 19.7. The maximum atomic E-state index is 15.3. The maximum absolute atomic E-state index is 15.3. The van der Waals surface area contributed by atoms with Crippen molar-refractivity contribution < 1.29 is 22.3 Å². The second-order valence-corrected chi connectivity index (χ2v) is 13.2. The third-order valence-corrected chi connectivity index (χ3v) is 10.1. The van der Waals surface area contributed by atoms with E-state index in [0.29, 0.717) is 61.1 Å².